The molecule has 0 aliphatic carbocycles. The molecule has 0 radical (unpaired) electrons. The van der Waals surface area contributed by atoms with Crippen LogP contribution < -0.4 is 10.2 Å². The van der Waals surface area contributed by atoms with Gasteiger partial charge < -0.3 is 15.3 Å². The quantitative estimate of drug-likeness (QED) is 0.848. The van der Waals surface area contributed by atoms with Crippen LogP contribution in [-0.4, -0.2) is 48.1 Å². The lowest BCUT2D eigenvalue weighted by Crippen LogP contribution is -2.53. The van der Waals surface area contributed by atoms with Gasteiger partial charge in [0.1, 0.15) is 5.82 Å². The third kappa shape index (κ3) is 4.64. The molecule has 27 heavy (non-hydrogen) atoms. The number of nitrogens with one attached hydrogen (secondary N) is 1. The Bertz CT molecular complexity index is 774. The monoisotopic (exact) mass is 371 g/mol. The third-order valence-corrected chi connectivity index (χ3v) is 5.08. The molecule has 144 valence electrons. The number of carbonyl (C=O) groups is 1. The van der Waals surface area contributed by atoms with E-state index in [4.69, 9.17) is 0 Å². The SMILES string of the molecule is C[C@H](O)c1ccc(N2CCN([C@@H](C)C(=O)Nc3ccccc3)CC2)c(F)c1. The second kappa shape index (κ2) is 8.50. The maximum Gasteiger partial charge on any atom is 0.241 e. The number of benzene rings is 2. The lowest BCUT2D eigenvalue weighted by Gasteiger charge is -2.38. The van der Waals surface area contributed by atoms with Crippen LogP contribution in [0.25, 0.3) is 0 Å². The number of amides is 1. The summed E-state index contributed by atoms with van der Waals surface area (Å²) in [6.07, 6.45) is -0.686. The van der Waals surface area contributed by atoms with Crippen molar-refractivity contribution in [2.45, 2.75) is 26.0 Å². The first-order valence-corrected chi connectivity index (χ1v) is 9.28. The van der Waals surface area contributed by atoms with Gasteiger partial charge in [0.15, 0.2) is 0 Å². The van der Waals surface area contributed by atoms with Crippen molar-refractivity contribution in [3.05, 3.63) is 59.9 Å². The minimum absolute atomic E-state index is 0.0397. The van der Waals surface area contributed by atoms with Crippen LogP contribution in [0.3, 0.4) is 0 Å². The van der Waals surface area contributed by atoms with Crippen LogP contribution in [0.15, 0.2) is 48.5 Å². The second-order valence-electron chi connectivity index (χ2n) is 6.94. The Morgan fingerprint density at radius 2 is 1.74 bits per heavy atom. The van der Waals surface area contributed by atoms with E-state index >= 15 is 0 Å². The molecule has 2 aromatic carbocycles. The Morgan fingerprint density at radius 3 is 2.33 bits per heavy atom. The van der Waals surface area contributed by atoms with E-state index in [1.54, 1.807) is 19.1 Å². The van der Waals surface area contributed by atoms with Crippen molar-refractivity contribution in [3.8, 4) is 0 Å². The summed E-state index contributed by atoms with van der Waals surface area (Å²) in [6.45, 7) is 6.17. The highest BCUT2D eigenvalue weighted by molar-refractivity contribution is 5.94. The highest BCUT2D eigenvalue weighted by Gasteiger charge is 2.26. The molecule has 0 spiro atoms. The maximum absolute atomic E-state index is 14.4. The van der Waals surface area contributed by atoms with Crippen LogP contribution in [-0.2, 0) is 4.79 Å². The van der Waals surface area contributed by atoms with Crippen LogP contribution in [0.5, 0.6) is 0 Å². The van der Waals surface area contributed by atoms with E-state index in [0.29, 0.717) is 37.4 Å². The minimum atomic E-state index is -0.686. The molecule has 1 aliphatic rings. The van der Waals surface area contributed by atoms with Gasteiger partial charge in [-0.1, -0.05) is 24.3 Å². The molecule has 3 rings (SSSR count). The number of nitrogens with zero attached hydrogens (tertiary/aromatic N) is 2. The summed E-state index contributed by atoms with van der Waals surface area (Å²) in [5, 5.41) is 12.5. The van der Waals surface area contributed by atoms with E-state index < -0.39 is 6.10 Å². The van der Waals surface area contributed by atoms with Crippen LogP contribution in [0.4, 0.5) is 15.8 Å². The van der Waals surface area contributed by atoms with E-state index in [1.807, 2.05) is 42.2 Å². The first-order valence-electron chi connectivity index (χ1n) is 9.28. The number of hydrogen-bond acceptors (Lipinski definition) is 4. The summed E-state index contributed by atoms with van der Waals surface area (Å²) < 4.78 is 14.4. The Hall–Kier alpha value is -2.44. The fourth-order valence-corrected chi connectivity index (χ4v) is 3.32. The van der Waals surface area contributed by atoms with Crippen molar-refractivity contribution in [3.63, 3.8) is 0 Å². The Labute approximate surface area is 159 Å². The van der Waals surface area contributed by atoms with Crippen molar-refractivity contribution in [1.29, 1.82) is 0 Å². The molecule has 6 heteroatoms. The molecule has 1 saturated heterocycles. The molecule has 1 aliphatic heterocycles. The van der Waals surface area contributed by atoms with Crippen molar-refractivity contribution < 1.29 is 14.3 Å². The first-order chi connectivity index (χ1) is 13.0. The molecule has 2 aromatic rings. The second-order valence-corrected chi connectivity index (χ2v) is 6.94. The van der Waals surface area contributed by atoms with Crippen LogP contribution in [0, 0.1) is 5.82 Å². The molecule has 1 amide bonds. The predicted octanol–water partition coefficient (Wildman–Crippen LogP) is 3.03. The Morgan fingerprint density at radius 1 is 1.07 bits per heavy atom. The van der Waals surface area contributed by atoms with E-state index in [-0.39, 0.29) is 17.8 Å². The standard InChI is InChI=1S/C21H26FN3O2/c1-15(21(27)23-18-6-4-3-5-7-18)24-10-12-25(13-11-24)20-9-8-17(16(2)26)14-19(20)22/h3-9,14-16,26H,10-13H2,1-2H3,(H,23,27)/t15-,16-/m0/s1. The number of para-hydroxylation sites is 1. The van der Waals surface area contributed by atoms with Crippen molar-refractivity contribution >= 4 is 17.3 Å². The van der Waals surface area contributed by atoms with E-state index in [2.05, 4.69) is 10.2 Å². The highest BCUT2D eigenvalue weighted by atomic mass is 19.1. The number of carbonyl (C=O) groups excluding carboxylic acids is 1. The molecule has 0 bridgehead atoms. The van der Waals surface area contributed by atoms with Gasteiger partial charge in [-0.2, -0.15) is 0 Å². The topological polar surface area (TPSA) is 55.8 Å². The van der Waals surface area contributed by atoms with Crippen molar-refractivity contribution in [2.75, 3.05) is 36.4 Å². The largest absolute Gasteiger partial charge is 0.389 e. The summed E-state index contributed by atoms with van der Waals surface area (Å²) in [5.74, 6) is -0.362. The molecule has 1 heterocycles. The lowest BCUT2D eigenvalue weighted by atomic mass is 10.1. The zero-order valence-corrected chi connectivity index (χ0v) is 15.7. The van der Waals surface area contributed by atoms with E-state index in [0.717, 1.165) is 5.69 Å². The minimum Gasteiger partial charge on any atom is -0.389 e. The average molecular weight is 371 g/mol. The molecule has 5 nitrogen and oxygen atoms in total. The summed E-state index contributed by atoms with van der Waals surface area (Å²) >= 11 is 0. The van der Waals surface area contributed by atoms with Gasteiger partial charge in [0, 0.05) is 31.9 Å². The summed E-state index contributed by atoms with van der Waals surface area (Å²) in [4.78, 5) is 16.6. The molecular weight excluding hydrogens is 345 g/mol. The Kier molecular flexibility index (Phi) is 6.08. The van der Waals surface area contributed by atoms with Crippen LogP contribution in [0.1, 0.15) is 25.5 Å². The zero-order chi connectivity index (χ0) is 19.4. The summed E-state index contributed by atoms with van der Waals surface area (Å²) in [6, 6.07) is 14.0. The first kappa shape index (κ1) is 19.3. The number of aliphatic hydroxyl groups is 1. The van der Waals surface area contributed by atoms with Gasteiger partial charge in [0.05, 0.1) is 17.8 Å². The van der Waals surface area contributed by atoms with Gasteiger partial charge in [0.25, 0.3) is 0 Å². The lowest BCUT2D eigenvalue weighted by molar-refractivity contribution is -0.120. The molecule has 0 saturated carbocycles. The Balaban J connectivity index is 1.57. The number of hydrogen-bond donors (Lipinski definition) is 2. The van der Waals surface area contributed by atoms with Crippen molar-refractivity contribution in [2.24, 2.45) is 0 Å². The molecule has 2 N–H and O–H groups in total. The predicted molar refractivity (Wildman–Crippen MR) is 105 cm³/mol. The third-order valence-electron chi connectivity index (χ3n) is 5.08. The number of rotatable bonds is 5. The van der Waals surface area contributed by atoms with Gasteiger partial charge in [-0.05, 0) is 43.7 Å². The maximum atomic E-state index is 14.4. The van der Waals surface area contributed by atoms with Gasteiger partial charge in [-0.15, -0.1) is 0 Å². The van der Waals surface area contributed by atoms with Crippen LogP contribution >= 0.6 is 0 Å². The van der Waals surface area contributed by atoms with Gasteiger partial charge in [-0.3, -0.25) is 9.69 Å². The summed E-state index contributed by atoms with van der Waals surface area (Å²) in [5.41, 5.74) is 1.90. The fourth-order valence-electron chi connectivity index (χ4n) is 3.32. The molecule has 0 unspecified atom stereocenters. The van der Waals surface area contributed by atoms with Gasteiger partial charge in [0.2, 0.25) is 5.91 Å². The molecule has 1 fully saturated rings. The number of halogens is 1. The summed E-state index contributed by atoms with van der Waals surface area (Å²) in [7, 11) is 0. The van der Waals surface area contributed by atoms with Crippen molar-refractivity contribution in [1.82, 2.24) is 4.90 Å². The average Bonchev–Trinajstić information content (AvgIpc) is 2.68. The van der Waals surface area contributed by atoms with E-state index in [9.17, 15) is 14.3 Å². The van der Waals surface area contributed by atoms with Crippen LogP contribution in [0.2, 0.25) is 0 Å². The van der Waals surface area contributed by atoms with Gasteiger partial charge >= 0.3 is 0 Å². The van der Waals surface area contributed by atoms with Gasteiger partial charge in [-0.25, -0.2) is 4.39 Å². The number of anilines is 2. The smallest absolute Gasteiger partial charge is 0.241 e. The molecular formula is C21H26FN3O2. The molecule has 2 atom stereocenters. The zero-order valence-electron chi connectivity index (χ0n) is 15.7. The molecule has 0 aromatic heterocycles. The fraction of sp³-hybridized carbons (Fsp3) is 0.381. The normalized spacial score (nSPS) is 17.4. The number of aliphatic hydroxyl groups excluding tert-OH is 1. The van der Waals surface area contributed by atoms with E-state index in [1.165, 1.54) is 6.07 Å². The number of piperazine rings is 1. The highest BCUT2D eigenvalue weighted by Crippen LogP contribution is 2.25.